The third kappa shape index (κ3) is 8.32. The number of anilines is 1. The van der Waals surface area contributed by atoms with Crippen LogP contribution in [0.2, 0.25) is 0 Å². The van der Waals surface area contributed by atoms with Gasteiger partial charge in [0, 0.05) is 16.8 Å². The van der Waals surface area contributed by atoms with E-state index in [0.717, 1.165) is 28.7 Å². The lowest BCUT2D eigenvalue weighted by molar-refractivity contribution is 0.0975. The molecule has 0 heterocycles. The molecule has 0 bridgehead atoms. The fourth-order valence-electron chi connectivity index (χ4n) is 4.23. The first kappa shape index (κ1) is 31.6. The Labute approximate surface area is 252 Å². The van der Waals surface area contributed by atoms with Crippen molar-refractivity contribution in [1.29, 1.82) is 0 Å². The van der Waals surface area contributed by atoms with Crippen molar-refractivity contribution in [1.82, 2.24) is 5.32 Å². The molecule has 0 saturated heterocycles. The van der Waals surface area contributed by atoms with Gasteiger partial charge in [-0.2, -0.15) is 0 Å². The summed E-state index contributed by atoms with van der Waals surface area (Å²) in [7, 11) is 1.56. The molecule has 0 spiro atoms. The molecular formula is C34H35ClN4O3. The molecular weight excluding hydrogens is 548 g/mol. The number of carbonyl (C=O) groups excluding carboxylic acids is 2. The predicted molar refractivity (Wildman–Crippen MR) is 173 cm³/mol. The van der Waals surface area contributed by atoms with Crippen LogP contribution in [0, 0.1) is 20.8 Å². The lowest BCUT2D eigenvalue weighted by Gasteiger charge is -2.12. The van der Waals surface area contributed by atoms with E-state index in [1.807, 2.05) is 63.2 Å². The van der Waals surface area contributed by atoms with Crippen LogP contribution in [-0.4, -0.2) is 24.9 Å². The van der Waals surface area contributed by atoms with Gasteiger partial charge in [0.15, 0.2) is 0 Å². The smallest absolute Gasteiger partial charge is 0.258 e. The van der Waals surface area contributed by atoms with Crippen molar-refractivity contribution in [3.8, 4) is 5.75 Å². The molecule has 42 heavy (non-hydrogen) atoms. The Balaban J connectivity index is 0.00000484. The number of carbonyl (C=O) groups is 2. The highest BCUT2D eigenvalue weighted by Gasteiger charge is 2.13. The first-order chi connectivity index (χ1) is 19.7. The number of rotatable bonds is 8. The van der Waals surface area contributed by atoms with Crippen LogP contribution in [0.4, 0.5) is 11.4 Å². The first-order valence-electron chi connectivity index (χ1n) is 13.3. The molecule has 4 rings (SSSR count). The number of halogens is 1. The number of hydrogen-bond donors (Lipinski definition) is 3. The van der Waals surface area contributed by atoms with Gasteiger partial charge >= 0.3 is 0 Å². The van der Waals surface area contributed by atoms with Crippen LogP contribution >= 0.6 is 12.4 Å². The van der Waals surface area contributed by atoms with Crippen molar-refractivity contribution in [2.45, 2.75) is 27.2 Å². The molecule has 0 fully saturated rings. The van der Waals surface area contributed by atoms with E-state index < -0.39 is 5.91 Å². The second-order valence-electron chi connectivity index (χ2n) is 9.74. The molecule has 4 aromatic carbocycles. The molecule has 0 aliphatic rings. The second-order valence-corrected chi connectivity index (χ2v) is 9.74. The SMILES string of the molecule is COc1cc(C(=O)NC(N)=Nc2ccc(C)c(NC(=O)c3ccc(/C=C/Cc4ccccc4)cc3)c2)cc(C)c1C.Cl. The third-order valence-corrected chi connectivity index (χ3v) is 6.74. The van der Waals surface area contributed by atoms with Gasteiger partial charge in [0.1, 0.15) is 5.75 Å². The van der Waals surface area contributed by atoms with Gasteiger partial charge in [0.2, 0.25) is 5.96 Å². The second kappa shape index (κ2) is 14.7. The Hall–Kier alpha value is -4.88. The molecule has 0 aromatic heterocycles. The quantitative estimate of drug-likeness (QED) is 0.155. The number of benzene rings is 4. The zero-order chi connectivity index (χ0) is 29.4. The van der Waals surface area contributed by atoms with Gasteiger partial charge in [-0.05, 0) is 91.4 Å². The highest BCUT2D eigenvalue weighted by molar-refractivity contribution is 6.07. The normalized spacial score (nSPS) is 11.1. The van der Waals surface area contributed by atoms with E-state index >= 15 is 0 Å². The number of amides is 2. The Morgan fingerprint density at radius 3 is 2.26 bits per heavy atom. The molecule has 8 heteroatoms. The molecule has 7 nitrogen and oxygen atoms in total. The van der Waals surface area contributed by atoms with Crippen LogP contribution in [0.1, 0.15) is 48.5 Å². The van der Waals surface area contributed by atoms with Crippen LogP contribution in [0.25, 0.3) is 6.08 Å². The zero-order valence-electron chi connectivity index (χ0n) is 24.1. The van der Waals surface area contributed by atoms with Crippen molar-refractivity contribution in [3.63, 3.8) is 0 Å². The maximum atomic E-state index is 13.0. The van der Waals surface area contributed by atoms with Crippen LogP contribution in [0.15, 0.2) is 96.0 Å². The van der Waals surface area contributed by atoms with Gasteiger partial charge in [-0.3, -0.25) is 14.9 Å². The number of ether oxygens (including phenoxy) is 1. The summed E-state index contributed by atoms with van der Waals surface area (Å²) in [6, 6.07) is 26.4. The standard InChI is InChI=1S/C34H34N4O3.ClH/c1-22-13-18-29(36-34(35)38-33(40)28-19-23(2)24(3)31(20-28)41-4)21-30(22)37-32(39)27-16-14-26(15-17-27)12-8-11-25-9-6-5-7-10-25;/h5-10,12-21H,11H2,1-4H3,(H,37,39)(H3,35,36,38,40);1H/b12-8+;. The van der Waals surface area contributed by atoms with E-state index in [-0.39, 0.29) is 24.3 Å². The van der Waals surface area contributed by atoms with Crippen LogP contribution in [-0.2, 0) is 6.42 Å². The number of allylic oxidation sites excluding steroid dienone is 1. The maximum Gasteiger partial charge on any atom is 0.258 e. The van der Waals surface area contributed by atoms with Gasteiger partial charge in [0.05, 0.1) is 12.8 Å². The van der Waals surface area contributed by atoms with Crippen LogP contribution in [0.3, 0.4) is 0 Å². The summed E-state index contributed by atoms with van der Waals surface area (Å²) in [5, 5.41) is 5.56. The average molecular weight is 583 g/mol. The van der Waals surface area contributed by atoms with Crippen molar-refractivity contribution >= 4 is 47.6 Å². The van der Waals surface area contributed by atoms with E-state index in [2.05, 4.69) is 33.8 Å². The first-order valence-corrected chi connectivity index (χ1v) is 13.3. The summed E-state index contributed by atoms with van der Waals surface area (Å²) in [6.07, 6.45) is 4.99. The summed E-state index contributed by atoms with van der Waals surface area (Å²) in [5.74, 6) is -0.0753. The van der Waals surface area contributed by atoms with Gasteiger partial charge in [-0.25, -0.2) is 4.99 Å². The molecule has 4 aromatic rings. The lowest BCUT2D eigenvalue weighted by Crippen LogP contribution is -2.36. The third-order valence-electron chi connectivity index (χ3n) is 6.74. The van der Waals surface area contributed by atoms with Crippen molar-refractivity contribution < 1.29 is 14.3 Å². The molecule has 0 radical (unpaired) electrons. The summed E-state index contributed by atoms with van der Waals surface area (Å²) < 4.78 is 5.36. The Morgan fingerprint density at radius 2 is 1.57 bits per heavy atom. The van der Waals surface area contributed by atoms with Gasteiger partial charge in [-0.1, -0.05) is 60.7 Å². The minimum Gasteiger partial charge on any atom is -0.496 e. The van der Waals surface area contributed by atoms with E-state index in [9.17, 15) is 9.59 Å². The zero-order valence-corrected chi connectivity index (χ0v) is 24.9. The van der Waals surface area contributed by atoms with Crippen LogP contribution in [0.5, 0.6) is 5.75 Å². The molecule has 0 unspecified atom stereocenters. The predicted octanol–water partition coefficient (Wildman–Crippen LogP) is 6.93. The summed E-state index contributed by atoms with van der Waals surface area (Å²) in [4.78, 5) is 30.0. The van der Waals surface area contributed by atoms with E-state index in [1.165, 1.54) is 5.56 Å². The molecule has 4 N–H and O–H groups in total. The Kier molecular flexibility index (Phi) is 11.0. The highest BCUT2D eigenvalue weighted by Crippen LogP contribution is 2.24. The van der Waals surface area contributed by atoms with Crippen molar-refractivity contribution in [3.05, 3.63) is 130 Å². The molecule has 0 saturated carbocycles. The number of nitrogens with one attached hydrogen (secondary N) is 2. The van der Waals surface area contributed by atoms with E-state index in [1.54, 1.807) is 43.5 Å². The number of nitrogens with two attached hydrogens (primary N) is 1. The van der Waals surface area contributed by atoms with Gasteiger partial charge in [0.25, 0.3) is 11.8 Å². The Bertz CT molecular complexity index is 1610. The number of aryl methyl sites for hydroxylation is 2. The fourth-order valence-corrected chi connectivity index (χ4v) is 4.23. The number of aliphatic imine (C=N–C) groups is 1. The molecule has 216 valence electrons. The van der Waals surface area contributed by atoms with Crippen molar-refractivity contribution in [2.75, 3.05) is 12.4 Å². The van der Waals surface area contributed by atoms with Crippen LogP contribution < -0.4 is 21.1 Å². The summed E-state index contributed by atoms with van der Waals surface area (Å²) in [5.41, 5.74) is 13.1. The van der Waals surface area contributed by atoms with E-state index in [0.29, 0.717) is 28.3 Å². The lowest BCUT2D eigenvalue weighted by atomic mass is 10.0. The molecule has 0 atom stereocenters. The molecule has 2 amide bonds. The number of methoxy groups -OCH3 is 1. The fraction of sp³-hybridized carbons (Fsp3) is 0.147. The number of hydrogen-bond acceptors (Lipinski definition) is 4. The molecule has 0 aliphatic carbocycles. The highest BCUT2D eigenvalue weighted by atomic mass is 35.5. The molecule has 0 aliphatic heterocycles. The largest absolute Gasteiger partial charge is 0.496 e. The minimum atomic E-state index is -0.397. The number of guanidine groups is 1. The van der Waals surface area contributed by atoms with Gasteiger partial charge < -0.3 is 15.8 Å². The summed E-state index contributed by atoms with van der Waals surface area (Å²) in [6.45, 7) is 5.73. The summed E-state index contributed by atoms with van der Waals surface area (Å²) >= 11 is 0. The average Bonchev–Trinajstić information content (AvgIpc) is 2.97. The van der Waals surface area contributed by atoms with Crippen molar-refractivity contribution in [2.24, 2.45) is 10.7 Å². The monoisotopic (exact) mass is 582 g/mol. The minimum absolute atomic E-state index is 0. The Morgan fingerprint density at radius 1 is 0.857 bits per heavy atom. The topological polar surface area (TPSA) is 106 Å². The maximum absolute atomic E-state index is 13.0. The van der Waals surface area contributed by atoms with Gasteiger partial charge in [-0.15, -0.1) is 12.4 Å². The number of nitrogens with zero attached hydrogens (tertiary/aromatic N) is 1. The van der Waals surface area contributed by atoms with E-state index in [4.69, 9.17) is 10.5 Å².